The largest absolute Gasteiger partial charge is 0.391 e. The van der Waals surface area contributed by atoms with Crippen molar-refractivity contribution in [1.82, 2.24) is 5.32 Å². The molecule has 3 N–H and O–H groups in total. The molecule has 0 bridgehead atoms. The quantitative estimate of drug-likeness (QED) is 0.841. The second-order valence-corrected chi connectivity index (χ2v) is 6.17. The summed E-state index contributed by atoms with van der Waals surface area (Å²) >= 11 is 11.3. The summed E-state index contributed by atoms with van der Waals surface area (Å²) in [5.74, 6) is -0.0761. The van der Waals surface area contributed by atoms with Crippen LogP contribution < -0.4 is 11.1 Å². The topological polar surface area (TPSA) is 55.1 Å². The van der Waals surface area contributed by atoms with E-state index in [4.69, 9.17) is 29.6 Å². The van der Waals surface area contributed by atoms with Gasteiger partial charge in [0.25, 0.3) is 0 Å². The second kappa shape index (κ2) is 6.55. The minimum atomic E-state index is -0.508. The molecule has 0 radical (unpaired) electrons. The summed E-state index contributed by atoms with van der Waals surface area (Å²) in [6.07, 6.45) is 5.18. The molecule has 1 fully saturated rings. The van der Waals surface area contributed by atoms with Gasteiger partial charge in [-0.05, 0) is 24.5 Å². The molecule has 5 heteroatoms. The van der Waals surface area contributed by atoms with Crippen molar-refractivity contribution < 1.29 is 4.79 Å². The van der Waals surface area contributed by atoms with Crippen molar-refractivity contribution in [2.45, 2.75) is 44.1 Å². The SMILES string of the molecule is NC(=S)C1(NC(=O)Cc2ccccc2Cl)CCCCC1. The van der Waals surface area contributed by atoms with Crippen molar-refractivity contribution in [3.8, 4) is 0 Å². The fourth-order valence-corrected chi connectivity index (χ4v) is 3.17. The Morgan fingerprint density at radius 3 is 2.55 bits per heavy atom. The van der Waals surface area contributed by atoms with E-state index in [2.05, 4.69) is 5.32 Å². The molecule has 1 aliphatic rings. The molecule has 1 aliphatic carbocycles. The van der Waals surface area contributed by atoms with Gasteiger partial charge in [0.05, 0.1) is 16.9 Å². The number of amides is 1. The molecule has 2 rings (SSSR count). The molecule has 0 unspecified atom stereocenters. The van der Waals surface area contributed by atoms with Crippen molar-refractivity contribution in [2.24, 2.45) is 5.73 Å². The molecule has 3 nitrogen and oxygen atoms in total. The number of rotatable bonds is 4. The molecule has 1 saturated carbocycles. The van der Waals surface area contributed by atoms with Gasteiger partial charge in [-0.1, -0.05) is 61.3 Å². The number of nitrogens with two attached hydrogens (primary N) is 1. The van der Waals surface area contributed by atoms with Gasteiger partial charge in [0.1, 0.15) is 0 Å². The van der Waals surface area contributed by atoms with Crippen LogP contribution in [-0.2, 0) is 11.2 Å². The molecular weight excluding hydrogens is 292 g/mol. The molecule has 0 heterocycles. The number of benzene rings is 1. The molecule has 20 heavy (non-hydrogen) atoms. The third-order valence-electron chi connectivity index (χ3n) is 3.87. The van der Waals surface area contributed by atoms with Gasteiger partial charge in [0, 0.05) is 5.02 Å². The summed E-state index contributed by atoms with van der Waals surface area (Å²) in [6, 6.07) is 7.37. The van der Waals surface area contributed by atoms with Crippen LogP contribution in [0.4, 0.5) is 0 Å². The summed E-state index contributed by atoms with van der Waals surface area (Å²) in [6.45, 7) is 0. The third-order valence-corrected chi connectivity index (χ3v) is 4.63. The smallest absolute Gasteiger partial charge is 0.225 e. The Bertz CT molecular complexity index is 512. The Morgan fingerprint density at radius 2 is 1.95 bits per heavy atom. The molecule has 0 aliphatic heterocycles. The Hall–Kier alpha value is -1.13. The summed E-state index contributed by atoms with van der Waals surface area (Å²) in [5.41, 5.74) is 6.18. The first-order chi connectivity index (χ1) is 9.53. The molecule has 0 saturated heterocycles. The predicted molar refractivity (Wildman–Crippen MR) is 85.9 cm³/mol. The monoisotopic (exact) mass is 310 g/mol. The van der Waals surface area contributed by atoms with Crippen molar-refractivity contribution in [2.75, 3.05) is 0 Å². The van der Waals surface area contributed by atoms with E-state index >= 15 is 0 Å². The molecule has 108 valence electrons. The van der Waals surface area contributed by atoms with Crippen LogP contribution in [-0.4, -0.2) is 16.4 Å². The first-order valence-electron chi connectivity index (χ1n) is 6.88. The zero-order valence-corrected chi connectivity index (χ0v) is 12.9. The van der Waals surface area contributed by atoms with Crippen LogP contribution >= 0.6 is 23.8 Å². The predicted octanol–water partition coefficient (Wildman–Crippen LogP) is 2.99. The van der Waals surface area contributed by atoms with Crippen LogP contribution in [0.25, 0.3) is 0 Å². The van der Waals surface area contributed by atoms with Crippen LogP contribution in [0, 0.1) is 0 Å². The van der Waals surface area contributed by atoms with E-state index in [-0.39, 0.29) is 12.3 Å². The molecule has 1 aromatic carbocycles. The molecule has 0 spiro atoms. The van der Waals surface area contributed by atoms with Gasteiger partial charge in [-0.2, -0.15) is 0 Å². The van der Waals surface area contributed by atoms with E-state index in [9.17, 15) is 4.79 Å². The van der Waals surface area contributed by atoms with Gasteiger partial charge in [-0.25, -0.2) is 0 Å². The van der Waals surface area contributed by atoms with Gasteiger partial charge in [0.2, 0.25) is 5.91 Å². The van der Waals surface area contributed by atoms with Crippen molar-refractivity contribution >= 4 is 34.7 Å². The minimum absolute atomic E-state index is 0.0761. The Kier molecular flexibility index (Phi) is 5.00. The van der Waals surface area contributed by atoms with Gasteiger partial charge in [-0.3, -0.25) is 4.79 Å². The lowest BCUT2D eigenvalue weighted by Gasteiger charge is -2.37. The van der Waals surface area contributed by atoms with Crippen molar-refractivity contribution in [1.29, 1.82) is 0 Å². The van der Waals surface area contributed by atoms with Crippen molar-refractivity contribution in [3.63, 3.8) is 0 Å². The zero-order chi connectivity index (χ0) is 14.6. The first-order valence-corrected chi connectivity index (χ1v) is 7.66. The fraction of sp³-hybridized carbons (Fsp3) is 0.467. The summed E-state index contributed by atoms with van der Waals surface area (Å²) in [4.78, 5) is 12.7. The highest BCUT2D eigenvalue weighted by atomic mass is 35.5. The van der Waals surface area contributed by atoms with Crippen LogP contribution in [0.2, 0.25) is 5.02 Å². The fourth-order valence-electron chi connectivity index (χ4n) is 2.71. The van der Waals surface area contributed by atoms with E-state index in [0.717, 1.165) is 31.2 Å². The van der Waals surface area contributed by atoms with Crippen LogP contribution in [0.5, 0.6) is 0 Å². The average molecular weight is 311 g/mol. The number of hydrogen-bond acceptors (Lipinski definition) is 2. The lowest BCUT2D eigenvalue weighted by molar-refractivity contribution is -0.121. The lowest BCUT2D eigenvalue weighted by atomic mass is 9.81. The normalized spacial score (nSPS) is 17.4. The zero-order valence-electron chi connectivity index (χ0n) is 11.3. The Morgan fingerprint density at radius 1 is 1.30 bits per heavy atom. The highest BCUT2D eigenvalue weighted by Gasteiger charge is 2.36. The van der Waals surface area contributed by atoms with Gasteiger partial charge >= 0.3 is 0 Å². The van der Waals surface area contributed by atoms with E-state index in [1.165, 1.54) is 6.42 Å². The lowest BCUT2D eigenvalue weighted by Crippen LogP contribution is -2.58. The third kappa shape index (κ3) is 3.49. The molecular formula is C15H19ClN2OS. The number of halogens is 1. The van der Waals surface area contributed by atoms with E-state index in [1.54, 1.807) is 6.07 Å². The highest BCUT2D eigenvalue weighted by Crippen LogP contribution is 2.29. The molecule has 0 aromatic heterocycles. The number of thiocarbonyl (C=S) groups is 1. The van der Waals surface area contributed by atoms with Gasteiger partial charge in [0.15, 0.2) is 0 Å². The maximum Gasteiger partial charge on any atom is 0.225 e. The number of carbonyl (C=O) groups is 1. The molecule has 1 aromatic rings. The summed E-state index contributed by atoms with van der Waals surface area (Å²) < 4.78 is 0. The second-order valence-electron chi connectivity index (χ2n) is 5.32. The Balaban J connectivity index is 2.06. The molecule has 0 atom stereocenters. The van der Waals surface area contributed by atoms with Gasteiger partial charge in [-0.15, -0.1) is 0 Å². The Labute approximate surface area is 129 Å². The van der Waals surface area contributed by atoms with E-state index < -0.39 is 5.54 Å². The van der Waals surface area contributed by atoms with Crippen LogP contribution in [0.15, 0.2) is 24.3 Å². The first kappa shape index (κ1) is 15.3. The highest BCUT2D eigenvalue weighted by molar-refractivity contribution is 7.80. The van der Waals surface area contributed by atoms with E-state index in [0.29, 0.717) is 10.0 Å². The standard InChI is InChI=1S/C15H19ClN2OS/c16-12-7-3-2-6-11(12)10-13(19)18-15(14(17)20)8-4-1-5-9-15/h2-3,6-7H,1,4-5,8-10H2,(H2,17,20)(H,18,19). The summed E-state index contributed by atoms with van der Waals surface area (Å²) in [7, 11) is 0. The maximum atomic E-state index is 12.3. The van der Waals surface area contributed by atoms with E-state index in [1.807, 2.05) is 18.2 Å². The minimum Gasteiger partial charge on any atom is -0.391 e. The molecule has 1 amide bonds. The van der Waals surface area contributed by atoms with Crippen LogP contribution in [0.1, 0.15) is 37.7 Å². The number of nitrogens with one attached hydrogen (secondary N) is 1. The number of carbonyl (C=O) groups excluding carboxylic acids is 1. The average Bonchev–Trinajstić information content (AvgIpc) is 2.42. The van der Waals surface area contributed by atoms with Crippen LogP contribution in [0.3, 0.4) is 0 Å². The summed E-state index contributed by atoms with van der Waals surface area (Å²) in [5, 5.41) is 3.65. The number of hydrogen-bond donors (Lipinski definition) is 2. The van der Waals surface area contributed by atoms with Crippen molar-refractivity contribution in [3.05, 3.63) is 34.9 Å². The van der Waals surface area contributed by atoms with Gasteiger partial charge < -0.3 is 11.1 Å². The maximum absolute atomic E-state index is 12.3.